The van der Waals surface area contributed by atoms with Gasteiger partial charge in [-0.05, 0) is 38.6 Å². The van der Waals surface area contributed by atoms with Crippen molar-refractivity contribution in [3.63, 3.8) is 0 Å². The van der Waals surface area contributed by atoms with Crippen LogP contribution in [0.25, 0.3) is 0 Å². The molecule has 0 aromatic heterocycles. The molecule has 0 spiro atoms. The molecule has 5 heteroatoms. The molecule has 118 valence electrons. The van der Waals surface area contributed by atoms with Crippen molar-refractivity contribution < 1.29 is 14.7 Å². The highest BCUT2D eigenvalue weighted by Crippen LogP contribution is 2.34. The van der Waals surface area contributed by atoms with Crippen LogP contribution in [0.4, 0.5) is 0 Å². The average Bonchev–Trinajstić information content (AvgIpc) is 2.99. The van der Waals surface area contributed by atoms with E-state index in [1.54, 1.807) is 6.08 Å². The van der Waals surface area contributed by atoms with E-state index in [0.717, 1.165) is 38.9 Å². The van der Waals surface area contributed by atoms with Crippen LogP contribution in [0.1, 0.15) is 38.5 Å². The Bertz CT molecular complexity index is 404. The second-order valence-corrected chi connectivity index (χ2v) is 6.30. The van der Waals surface area contributed by atoms with Crippen molar-refractivity contribution in [2.75, 3.05) is 32.7 Å². The number of carboxylic acids is 1. The minimum atomic E-state index is -0.738. The van der Waals surface area contributed by atoms with Crippen LogP contribution in [0.3, 0.4) is 0 Å². The summed E-state index contributed by atoms with van der Waals surface area (Å²) in [6.45, 7) is 7.54. The molecule has 2 heterocycles. The maximum atomic E-state index is 12.1. The second kappa shape index (κ2) is 7.07. The average molecular weight is 294 g/mol. The molecule has 0 radical (unpaired) electrons. The third-order valence-electron chi connectivity index (χ3n) is 4.75. The highest BCUT2D eigenvalue weighted by atomic mass is 16.4. The summed E-state index contributed by atoms with van der Waals surface area (Å²) in [6.07, 6.45) is 6.49. The van der Waals surface area contributed by atoms with Crippen molar-refractivity contribution in [1.82, 2.24) is 9.80 Å². The lowest BCUT2D eigenvalue weighted by Crippen LogP contribution is -2.48. The van der Waals surface area contributed by atoms with Crippen LogP contribution < -0.4 is 0 Å². The highest BCUT2D eigenvalue weighted by Gasteiger charge is 2.41. The third-order valence-corrected chi connectivity index (χ3v) is 4.75. The number of amides is 1. The van der Waals surface area contributed by atoms with Gasteiger partial charge >= 0.3 is 5.97 Å². The fraction of sp³-hybridized carbons (Fsp3) is 0.750. The van der Waals surface area contributed by atoms with Crippen LogP contribution in [0, 0.1) is 5.41 Å². The SMILES string of the molecule is C=CC[C@@]1(C(=O)O)CCCN(CCC(=O)N2CCCC2)C1. The highest BCUT2D eigenvalue weighted by molar-refractivity contribution is 5.77. The van der Waals surface area contributed by atoms with E-state index in [4.69, 9.17) is 0 Å². The molecule has 2 fully saturated rings. The zero-order chi connectivity index (χ0) is 15.3. The summed E-state index contributed by atoms with van der Waals surface area (Å²) < 4.78 is 0. The summed E-state index contributed by atoms with van der Waals surface area (Å²) in [4.78, 5) is 27.7. The van der Waals surface area contributed by atoms with Gasteiger partial charge < -0.3 is 14.9 Å². The van der Waals surface area contributed by atoms with Gasteiger partial charge in [0.05, 0.1) is 5.41 Å². The Balaban J connectivity index is 1.87. The zero-order valence-electron chi connectivity index (χ0n) is 12.7. The minimum Gasteiger partial charge on any atom is -0.481 e. The molecule has 5 nitrogen and oxygen atoms in total. The summed E-state index contributed by atoms with van der Waals surface area (Å²) in [6, 6.07) is 0. The molecular formula is C16H26N2O3. The number of piperidine rings is 1. The number of likely N-dealkylation sites (tertiary alicyclic amines) is 2. The molecule has 0 bridgehead atoms. The minimum absolute atomic E-state index is 0.211. The molecule has 0 aromatic carbocycles. The number of hydrogen-bond donors (Lipinski definition) is 1. The number of carboxylic acid groups (broad SMARTS) is 1. The maximum absolute atomic E-state index is 12.1. The number of allylic oxidation sites excluding steroid dienone is 1. The molecule has 2 aliphatic rings. The van der Waals surface area contributed by atoms with Gasteiger partial charge in [-0.1, -0.05) is 6.08 Å². The molecule has 2 rings (SSSR count). The zero-order valence-corrected chi connectivity index (χ0v) is 12.7. The largest absolute Gasteiger partial charge is 0.481 e. The number of carbonyl (C=O) groups excluding carboxylic acids is 1. The van der Waals surface area contributed by atoms with E-state index in [0.29, 0.717) is 32.4 Å². The Morgan fingerprint density at radius 3 is 2.52 bits per heavy atom. The Morgan fingerprint density at radius 2 is 1.90 bits per heavy atom. The van der Waals surface area contributed by atoms with Crippen LogP contribution in [0.2, 0.25) is 0 Å². The van der Waals surface area contributed by atoms with Crippen molar-refractivity contribution in [3.8, 4) is 0 Å². The molecule has 2 saturated heterocycles. The van der Waals surface area contributed by atoms with Gasteiger partial charge in [-0.2, -0.15) is 0 Å². The third kappa shape index (κ3) is 3.84. The molecule has 1 N–H and O–H groups in total. The van der Waals surface area contributed by atoms with E-state index in [-0.39, 0.29) is 5.91 Å². The maximum Gasteiger partial charge on any atom is 0.311 e. The Labute approximate surface area is 126 Å². The molecule has 0 saturated carbocycles. The van der Waals surface area contributed by atoms with Gasteiger partial charge in [0.2, 0.25) is 5.91 Å². The Morgan fingerprint density at radius 1 is 1.19 bits per heavy atom. The van der Waals surface area contributed by atoms with Crippen molar-refractivity contribution in [3.05, 3.63) is 12.7 Å². The standard InChI is InChI=1S/C16H26N2O3/c1-2-7-16(15(20)21)8-5-9-17(13-16)12-6-14(19)18-10-3-4-11-18/h2H,1,3-13H2,(H,20,21)/t16-/m1/s1. The van der Waals surface area contributed by atoms with Crippen LogP contribution in [0.15, 0.2) is 12.7 Å². The van der Waals surface area contributed by atoms with Crippen molar-refractivity contribution >= 4 is 11.9 Å². The van der Waals surface area contributed by atoms with Crippen LogP contribution >= 0.6 is 0 Å². The predicted octanol–water partition coefficient (Wildman–Crippen LogP) is 1.74. The number of carbonyl (C=O) groups is 2. The summed E-state index contributed by atoms with van der Waals surface area (Å²) in [7, 11) is 0. The first-order valence-corrected chi connectivity index (χ1v) is 7.92. The van der Waals surface area contributed by atoms with Gasteiger partial charge in [-0.15, -0.1) is 6.58 Å². The fourth-order valence-corrected chi connectivity index (χ4v) is 3.50. The first-order chi connectivity index (χ1) is 10.1. The molecule has 2 aliphatic heterocycles. The lowest BCUT2D eigenvalue weighted by Gasteiger charge is -2.39. The first kappa shape index (κ1) is 16.0. The van der Waals surface area contributed by atoms with Crippen molar-refractivity contribution in [2.24, 2.45) is 5.41 Å². The predicted molar refractivity (Wildman–Crippen MR) is 81.0 cm³/mol. The molecule has 1 atom stereocenters. The number of hydrogen-bond acceptors (Lipinski definition) is 3. The smallest absolute Gasteiger partial charge is 0.311 e. The van der Waals surface area contributed by atoms with Crippen LogP contribution in [0.5, 0.6) is 0 Å². The lowest BCUT2D eigenvalue weighted by atomic mass is 9.77. The molecule has 0 aliphatic carbocycles. The van der Waals surface area contributed by atoms with E-state index in [1.807, 2.05) is 4.90 Å². The van der Waals surface area contributed by atoms with Crippen LogP contribution in [-0.2, 0) is 9.59 Å². The van der Waals surface area contributed by atoms with E-state index in [2.05, 4.69) is 11.5 Å². The number of rotatable bonds is 6. The van der Waals surface area contributed by atoms with Crippen molar-refractivity contribution in [2.45, 2.75) is 38.5 Å². The van der Waals surface area contributed by atoms with Gasteiger partial charge in [0.1, 0.15) is 0 Å². The molecular weight excluding hydrogens is 268 g/mol. The Kier molecular flexibility index (Phi) is 5.39. The van der Waals surface area contributed by atoms with Crippen molar-refractivity contribution in [1.29, 1.82) is 0 Å². The van der Waals surface area contributed by atoms with E-state index < -0.39 is 11.4 Å². The number of aliphatic carboxylic acids is 1. The number of nitrogens with zero attached hydrogens (tertiary/aromatic N) is 2. The van der Waals surface area contributed by atoms with Gasteiger partial charge in [0.25, 0.3) is 0 Å². The van der Waals surface area contributed by atoms with Gasteiger partial charge in [-0.3, -0.25) is 9.59 Å². The normalized spacial score (nSPS) is 26.8. The summed E-state index contributed by atoms with van der Waals surface area (Å²) in [5, 5.41) is 9.54. The topological polar surface area (TPSA) is 60.9 Å². The fourth-order valence-electron chi connectivity index (χ4n) is 3.50. The first-order valence-electron chi connectivity index (χ1n) is 7.92. The molecule has 0 aromatic rings. The van der Waals surface area contributed by atoms with E-state index in [9.17, 15) is 14.7 Å². The lowest BCUT2D eigenvalue weighted by molar-refractivity contribution is -0.152. The van der Waals surface area contributed by atoms with Gasteiger partial charge in [-0.25, -0.2) is 0 Å². The van der Waals surface area contributed by atoms with E-state index in [1.165, 1.54) is 0 Å². The summed E-state index contributed by atoms with van der Waals surface area (Å²) in [5.74, 6) is -0.527. The molecule has 1 amide bonds. The van der Waals surface area contributed by atoms with Crippen LogP contribution in [-0.4, -0.2) is 59.5 Å². The van der Waals surface area contributed by atoms with E-state index >= 15 is 0 Å². The van der Waals surface area contributed by atoms with Gasteiger partial charge in [0.15, 0.2) is 0 Å². The quantitative estimate of drug-likeness (QED) is 0.758. The molecule has 0 unspecified atom stereocenters. The van der Waals surface area contributed by atoms with Gasteiger partial charge in [0, 0.05) is 32.6 Å². The summed E-state index contributed by atoms with van der Waals surface area (Å²) in [5.41, 5.74) is -0.712. The monoisotopic (exact) mass is 294 g/mol. The Hall–Kier alpha value is -1.36. The summed E-state index contributed by atoms with van der Waals surface area (Å²) >= 11 is 0. The molecule has 21 heavy (non-hydrogen) atoms. The second-order valence-electron chi connectivity index (χ2n) is 6.30.